The second-order valence-corrected chi connectivity index (χ2v) is 7.12. The van der Waals surface area contributed by atoms with Gasteiger partial charge in [0.05, 0.1) is 12.1 Å². The molecule has 8 heteroatoms. The lowest BCUT2D eigenvalue weighted by atomic mass is 10.1. The Bertz CT molecular complexity index is 565. The largest absolute Gasteiger partial charge is 0.377 e. The number of benzene rings is 1. The highest BCUT2D eigenvalue weighted by atomic mass is 127. The molecule has 0 unspecified atom stereocenters. The first kappa shape index (κ1) is 25.1. The van der Waals surface area contributed by atoms with Crippen molar-refractivity contribution in [2.45, 2.75) is 32.8 Å². The Hall–Kier alpha value is -0.870. The van der Waals surface area contributed by atoms with Crippen LogP contribution in [0.5, 0.6) is 0 Å². The molecule has 0 aromatic heterocycles. The molecule has 1 amide bonds. The summed E-state index contributed by atoms with van der Waals surface area (Å²) < 4.78 is 6.33. The van der Waals surface area contributed by atoms with Gasteiger partial charge < -0.3 is 20.7 Å². The van der Waals surface area contributed by atoms with E-state index in [4.69, 9.17) is 4.74 Å². The van der Waals surface area contributed by atoms with Crippen LogP contribution in [0, 0.1) is 0 Å². The molecular weight excluding hydrogens is 511 g/mol. The van der Waals surface area contributed by atoms with Crippen LogP contribution in [-0.2, 0) is 4.74 Å². The van der Waals surface area contributed by atoms with Crippen molar-refractivity contribution in [2.24, 2.45) is 4.99 Å². The third kappa shape index (κ3) is 10.3. The lowest BCUT2D eigenvalue weighted by Crippen LogP contribution is -2.40. The number of carbonyl (C=O) groups is 1. The highest BCUT2D eigenvalue weighted by Crippen LogP contribution is 2.10. The maximum atomic E-state index is 12.0. The van der Waals surface area contributed by atoms with Gasteiger partial charge in [0, 0.05) is 36.8 Å². The summed E-state index contributed by atoms with van der Waals surface area (Å²) in [7, 11) is 1.68. The Kier molecular flexibility index (Phi) is 12.9. The maximum absolute atomic E-state index is 12.0. The molecule has 6 nitrogen and oxygen atoms in total. The lowest BCUT2D eigenvalue weighted by Gasteiger charge is -2.21. The molecule has 3 N–H and O–H groups in total. The summed E-state index contributed by atoms with van der Waals surface area (Å²) in [6.07, 6.45) is 0.806. The van der Waals surface area contributed by atoms with Crippen molar-refractivity contribution >= 4 is 51.8 Å². The molecule has 0 aliphatic carbocycles. The molecular formula is C18H30BrIN4O2. The molecule has 1 rings (SSSR count). The zero-order valence-electron chi connectivity index (χ0n) is 15.9. The van der Waals surface area contributed by atoms with Gasteiger partial charge in [-0.2, -0.15) is 0 Å². The van der Waals surface area contributed by atoms with E-state index in [-0.39, 0.29) is 35.5 Å². The summed E-state index contributed by atoms with van der Waals surface area (Å²) in [4.78, 5) is 16.5. The van der Waals surface area contributed by atoms with E-state index in [0.29, 0.717) is 18.7 Å². The van der Waals surface area contributed by atoms with Gasteiger partial charge in [0.2, 0.25) is 0 Å². The van der Waals surface area contributed by atoms with Crippen LogP contribution in [0.2, 0.25) is 0 Å². The zero-order chi connectivity index (χ0) is 18.7. The Labute approximate surface area is 182 Å². The SMILES string of the molecule is CCNC(=NCC(C)(C)OC)NCCCNC(=O)c1ccc(Br)cc1.I. The van der Waals surface area contributed by atoms with E-state index in [1.165, 1.54) is 0 Å². The summed E-state index contributed by atoms with van der Waals surface area (Å²) in [5.41, 5.74) is 0.369. The van der Waals surface area contributed by atoms with Gasteiger partial charge in [-0.05, 0) is 51.5 Å². The molecule has 148 valence electrons. The third-order valence-corrected chi connectivity index (χ3v) is 4.08. The minimum Gasteiger partial charge on any atom is -0.377 e. The normalized spacial score (nSPS) is 11.5. The van der Waals surface area contributed by atoms with E-state index in [1.807, 2.05) is 32.9 Å². The van der Waals surface area contributed by atoms with Gasteiger partial charge >= 0.3 is 0 Å². The standard InChI is InChI=1S/C18H29BrN4O2.HI/c1-5-20-17(23-13-18(2,3)25-4)22-12-6-11-21-16(24)14-7-9-15(19)10-8-14;/h7-10H,5-6,11-13H2,1-4H3,(H,21,24)(H2,20,22,23);1H. The van der Waals surface area contributed by atoms with Crippen LogP contribution in [0.3, 0.4) is 0 Å². The first-order valence-electron chi connectivity index (χ1n) is 8.49. The van der Waals surface area contributed by atoms with Gasteiger partial charge in [-0.1, -0.05) is 15.9 Å². The molecule has 0 saturated carbocycles. The van der Waals surface area contributed by atoms with Gasteiger partial charge in [-0.3, -0.25) is 9.79 Å². The number of hydrogen-bond acceptors (Lipinski definition) is 3. The van der Waals surface area contributed by atoms with Crippen molar-refractivity contribution in [1.82, 2.24) is 16.0 Å². The van der Waals surface area contributed by atoms with Crippen LogP contribution >= 0.6 is 39.9 Å². The van der Waals surface area contributed by atoms with E-state index in [9.17, 15) is 4.79 Å². The number of methoxy groups -OCH3 is 1. The number of nitrogens with one attached hydrogen (secondary N) is 3. The van der Waals surface area contributed by atoms with Crippen LogP contribution in [0.25, 0.3) is 0 Å². The zero-order valence-corrected chi connectivity index (χ0v) is 19.8. The summed E-state index contributed by atoms with van der Waals surface area (Å²) in [5, 5.41) is 9.38. The first-order valence-corrected chi connectivity index (χ1v) is 9.28. The minimum atomic E-state index is -0.291. The fourth-order valence-electron chi connectivity index (χ4n) is 1.88. The molecule has 0 radical (unpaired) electrons. The molecule has 1 aromatic carbocycles. The molecule has 0 aliphatic rings. The summed E-state index contributed by atoms with van der Waals surface area (Å²) >= 11 is 3.36. The molecule has 26 heavy (non-hydrogen) atoms. The van der Waals surface area contributed by atoms with Crippen molar-refractivity contribution in [2.75, 3.05) is 33.3 Å². The van der Waals surface area contributed by atoms with E-state index < -0.39 is 0 Å². The van der Waals surface area contributed by atoms with Gasteiger partial charge in [-0.15, -0.1) is 24.0 Å². The van der Waals surface area contributed by atoms with Gasteiger partial charge in [-0.25, -0.2) is 0 Å². The maximum Gasteiger partial charge on any atom is 0.251 e. The van der Waals surface area contributed by atoms with Gasteiger partial charge in [0.25, 0.3) is 5.91 Å². The lowest BCUT2D eigenvalue weighted by molar-refractivity contribution is 0.0310. The minimum absolute atomic E-state index is 0. The molecule has 0 fully saturated rings. The van der Waals surface area contributed by atoms with E-state index in [2.05, 4.69) is 36.9 Å². The number of amides is 1. The predicted octanol–water partition coefficient (Wildman–Crippen LogP) is 3.17. The van der Waals surface area contributed by atoms with Crippen molar-refractivity contribution in [3.05, 3.63) is 34.3 Å². The number of guanidine groups is 1. The van der Waals surface area contributed by atoms with Crippen molar-refractivity contribution in [3.8, 4) is 0 Å². The number of rotatable bonds is 9. The Morgan fingerprint density at radius 3 is 2.35 bits per heavy atom. The Morgan fingerprint density at radius 1 is 1.15 bits per heavy atom. The van der Waals surface area contributed by atoms with Crippen LogP contribution < -0.4 is 16.0 Å². The quantitative estimate of drug-likeness (QED) is 0.195. The molecule has 0 heterocycles. The van der Waals surface area contributed by atoms with E-state index >= 15 is 0 Å². The fourth-order valence-corrected chi connectivity index (χ4v) is 2.14. The summed E-state index contributed by atoms with van der Waals surface area (Å²) in [5.74, 6) is 0.696. The van der Waals surface area contributed by atoms with E-state index in [0.717, 1.165) is 29.9 Å². The number of ether oxygens (including phenoxy) is 1. The van der Waals surface area contributed by atoms with Gasteiger partial charge in [0.1, 0.15) is 0 Å². The smallest absolute Gasteiger partial charge is 0.251 e. The number of aliphatic imine (C=N–C) groups is 1. The summed E-state index contributed by atoms with van der Waals surface area (Å²) in [6.45, 7) is 8.70. The summed E-state index contributed by atoms with van der Waals surface area (Å²) in [6, 6.07) is 7.31. The highest BCUT2D eigenvalue weighted by Gasteiger charge is 2.15. The molecule has 0 atom stereocenters. The molecule has 0 spiro atoms. The van der Waals surface area contributed by atoms with Gasteiger partial charge in [0.15, 0.2) is 5.96 Å². The first-order chi connectivity index (χ1) is 11.9. The van der Waals surface area contributed by atoms with Crippen LogP contribution in [0.4, 0.5) is 0 Å². The fraction of sp³-hybridized carbons (Fsp3) is 0.556. The second-order valence-electron chi connectivity index (χ2n) is 6.20. The molecule has 1 aromatic rings. The van der Waals surface area contributed by atoms with Crippen LogP contribution in [0.15, 0.2) is 33.7 Å². The number of carbonyl (C=O) groups excluding carboxylic acids is 1. The predicted molar refractivity (Wildman–Crippen MR) is 122 cm³/mol. The van der Waals surface area contributed by atoms with E-state index in [1.54, 1.807) is 19.2 Å². The topological polar surface area (TPSA) is 74.8 Å². The molecule has 0 bridgehead atoms. The molecule has 0 saturated heterocycles. The molecule has 0 aliphatic heterocycles. The Balaban J connectivity index is 0.00000625. The third-order valence-electron chi connectivity index (χ3n) is 3.55. The number of hydrogen-bond donors (Lipinski definition) is 3. The number of halogens is 2. The van der Waals surface area contributed by atoms with Crippen molar-refractivity contribution < 1.29 is 9.53 Å². The monoisotopic (exact) mass is 540 g/mol. The highest BCUT2D eigenvalue weighted by molar-refractivity contribution is 14.0. The van der Waals surface area contributed by atoms with Crippen molar-refractivity contribution in [1.29, 1.82) is 0 Å². The Morgan fingerprint density at radius 2 is 1.77 bits per heavy atom. The average Bonchev–Trinajstić information content (AvgIpc) is 2.59. The number of nitrogens with zero attached hydrogens (tertiary/aromatic N) is 1. The second kappa shape index (κ2) is 13.3. The van der Waals surface area contributed by atoms with Crippen LogP contribution in [0.1, 0.15) is 37.6 Å². The van der Waals surface area contributed by atoms with Crippen LogP contribution in [-0.4, -0.2) is 50.8 Å². The van der Waals surface area contributed by atoms with Crippen molar-refractivity contribution in [3.63, 3.8) is 0 Å². The average molecular weight is 541 g/mol.